The van der Waals surface area contributed by atoms with Crippen LogP contribution in [0.4, 0.5) is 11.4 Å². The zero-order valence-electron chi connectivity index (χ0n) is 13.6. The van der Waals surface area contributed by atoms with Crippen LogP contribution in [0.5, 0.6) is 0 Å². The molecule has 7 heteroatoms. The Hall–Kier alpha value is -2.86. The Kier molecular flexibility index (Phi) is 3.92. The Morgan fingerprint density at radius 1 is 1.23 bits per heavy atom. The number of benzene rings is 2. The Morgan fingerprint density at radius 3 is 2.62 bits per heavy atom. The van der Waals surface area contributed by atoms with Gasteiger partial charge in [0.15, 0.2) is 0 Å². The van der Waals surface area contributed by atoms with Crippen LogP contribution in [0.25, 0.3) is 0 Å². The minimum Gasteiger partial charge on any atom is -0.478 e. The standard InChI is InChI=1S/C19H15ClN2O4/c20-14-8-9-15(22(25)26)16-12-2-1-3-13(12)17(21-18(14)16)10-4-6-11(7-5-10)19(23)24/h1-2,4-9,12-13,17,21H,3H2,(H,23,24)/t12-,13-,17+/m0/s1. The number of carboxylic acid groups (broad SMARTS) is 1. The summed E-state index contributed by atoms with van der Waals surface area (Å²) in [6.07, 6.45) is 4.83. The minimum atomic E-state index is -0.974. The molecule has 0 spiro atoms. The van der Waals surface area contributed by atoms with Gasteiger partial charge in [-0.25, -0.2) is 4.79 Å². The molecule has 0 radical (unpaired) electrons. The van der Waals surface area contributed by atoms with E-state index in [-0.39, 0.29) is 34.1 Å². The molecule has 0 saturated heterocycles. The van der Waals surface area contributed by atoms with E-state index in [0.29, 0.717) is 16.3 Å². The zero-order chi connectivity index (χ0) is 18.4. The molecule has 0 aromatic heterocycles. The van der Waals surface area contributed by atoms with Crippen LogP contribution < -0.4 is 5.32 Å². The maximum Gasteiger partial charge on any atom is 0.335 e. The van der Waals surface area contributed by atoms with Gasteiger partial charge in [0.1, 0.15) is 0 Å². The van der Waals surface area contributed by atoms with Crippen LogP contribution in [0.15, 0.2) is 48.6 Å². The van der Waals surface area contributed by atoms with Gasteiger partial charge < -0.3 is 10.4 Å². The molecule has 0 bridgehead atoms. The summed E-state index contributed by atoms with van der Waals surface area (Å²) in [5.74, 6) is -0.970. The molecule has 1 heterocycles. The number of halogens is 1. The SMILES string of the molecule is O=C(O)c1ccc([C@H]2Nc3c(Cl)ccc([N+](=O)[O-])c3[C@H]3C=CC[C@@H]32)cc1. The van der Waals surface area contributed by atoms with Crippen molar-refractivity contribution in [1.82, 2.24) is 0 Å². The largest absolute Gasteiger partial charge is 0.478 e. The third-order valence-corrected chi connectivity index (χ3v) is 5.47. The molecule has 0 fully saturated rings. The number of nitrogens with zero attached hydrogens (tertiary/aromatic N) is 1. The second-order valence-electron chi connectivity index (χ2n) is 6.51. The summed E-state index contributed by atoms with van der Waals surface area (Å²) in [5.41, 5.74) is 2.43. The molecule has 3 atom stereocenters. The summed E-state index contributed by atoms with van der Waals surface area (Å²) in [6, 6.07) is 9.59. The fourth-order valence-corrected chi connectivity index (χ4v) is 4.20. The molecule has 2 aromatic rings. The summed E-state index contributed by atoms with van der Waals surface area (Å²) in [5, 5.41) is 24.4. The highest BCUT2D eigenvalue weighted by molar-refractivity contribution is 6.33. The second-order valence-corrected chi connectivity index (χ2v) is 6.92. The Labute approximate surface area is 154 Å². The number of nitro groups is 1. The van der Waals surface area contributed by atoms with E-state index in [2.05, 4.69) is 5.32 Å². The monoisotopic (exact) mass is 370 g/mol. The van der Waals surface area contributed by atoms with Crippen molar-refractivity contribution < 1.29 is 14.8 Å². The molecule has 0 amide bonds. The number of hydrogen-bond acceptors (Lipinski definition) is 4. The van der Waals surface area contributed by atoms with Crippen LogP contribution in [0, 0.1) is 16.0 Å². The van der Waals surface area contributed by atoms with E-state index in [1.165, 1.54) is 12.1 Å². The number of nitro benzene ring substituents is 1. The van der Waals surface area contributed by atoms with Crippen molar-refractivity contribution in [2.24, 2.45) is 5.92 Å². The van der Waals surface area contributed by atoms with Gasteiger partial charge in [0, 0.05) is 12.0 Å². The van der Waals surface area contributed by atoms with E-state index in [9.17, 15) is 14.9 Å². The van der Waals surface area contributed by atoms with Crippen molar-refractivity contribution in [2.45, 2.75) is 18.4 Å². The molecule has 4 rings (SSSR count). The van der Waals surface area contributed by atoms with Crippen molar-refractivity contribution in [3.63, 3.8) is 0 Å². The first-order valence-electron chi connectivity index (χ1n) is 8.20. The molecule has 132 valence electrons. The highest BCUT2D eigenvalue weighted by Gasteiger charge is 2.42. The highest BCUT2D eigenvalue weighted by Crippen LogP contribution is 2.54. The van der Waals surface area contributed by atoms with Gasteiger partial charge in [0.25, 0.3) is 5.69 Å². The number of fused-ring (bicyclic) bond motifs is 3. The van der Waals surface area contributed by atoms with Crippen LogP contribution in [0.1, 0.15) is 39.9 Å². The summed E-state index contributed by atoms with van der Waals surface area (Å²) < 4.78 is 0. The van der Waals surface area contributed by atoms with Gasteiger partial charge in [0.05, 0.1) is 32.8 Å². The first-order chi connectivity index (χ1) is 12.5. The molecule has 2 aliphatic rings. The van der Waals surface area contributed by atoms with E-state index in [1.807, 2.05) is 12.2 Å². The van der Waals surface area contributed by atoms with Crippen LogP contribution >= 0.6 is 11.6 Å². The Bertz CT molecular complexity index is 939. The summed E-state index contributed by atoms with van der Waals surface area (Å²) in [4.78, 5) is 22.2. The minimum absolute atomic E-state index is 0.0677. The van der Waals surface area contributed by atoms with Gasteiger partial charge in [-0.3, -0.25) is 10.1 Å². The molecule has 1 aliphatic carbocycles. The van der Waals surface area contributed by atoms with Crippen LogP contribution in [-0.2, 0) is 0 Å². The molecule has 2 N–H and O–H groups in total. The lowest BCUT2D eigenvalue weighted by Crippen LogP contribution is -2.29. The smallest absolute Gasteiger partial charge is 0.335 e. The summed E-state index contributed by atoms with van der Waals surface area (Å²) >= 11 is 6.34. The van der Waals surface area contributed by atoms with Gasteiger partial charge in [-0.15, -0.1) is 0 Å². The lowest BCUT2D eigenvalue weighted by molar-refractivity contribution is -0.385. The number of allylic oxidation sites excluding steroid dienone is 2. The van der Waals surface area contributed by atoms with Crippen LogP contribution in [-0.4, -0.2) is 16.0 Å². The summed E-state index contributed by atoms with van der Waals surface area (Å²) in [6.45, 7) is 0. The van der Waals surface area contributed by atoms with Crippen molar-refractivity contribution >= 4 is 28.9 Å². The third-order valence-electron chi connectivity index (χ3n) is 5.16. The number of anilines is 1. The van der Waals surface area contributed by atoms with Crippen molar-refractivity contribution in [3.05, 3.63) is 80.4 Å². The van der Waals surface area contributed by atoms with E-state index in [1.54, 1.807) is 24.3 Å². The molecule has 0 unspecified atom stereocenters. The van der Waals surface area contributed by atoms with E-state index in [4.69, 9.17) is 16.7 Å². The summed E-state index contributed by atoms with van der Waals surface area (Å²) in [7, 11) is 0. The van der Waals surface area contributed by atoms with Crippen molar-refractivity contribution in [1.29, 1.82) is 0 Å². The fourth-order valence-electron chi connectivity index (χ4n) is 3.98. The lowest BCUT2D eigenvalue weighted by Gasteiger charge is -2.37. The first kappa shape index (κ1) is 16.6. The van der Waals surface area contributed by atoms with Gasteiger partial charge in [-0.1, -0.05) is 35.9 Å². The number of nitrogens with one attached hydrogen (secondary N) is 1. The van der Waals surface area contributed by atoms with Crippen molar-refractivity contribution in [3.8, 4) is 0 Å². The van der Waals surface area contributed by atoms with Crippen molar-refractivity contribution in [2.75, 3.05) is 5.32 Å². The normalized spacial score (nSPS) is 23.0. The number of carbonyl (C=O) groups is 1. The van der Waals surface area contributed by atoms with Gasteiger partial charge in [-0.2, -0.15) is 0 Å². The van der Waals surface area contributed by atoms with Gasteiger partial charge in [-0.05, 0) is 36.1 Å². The van der Waals surface area contributed by atoms with E-state index < -0.39 is 5.97 Å². The van der Waals surface area contributed by atoms with Gasteiger partial charge in [0.2, 0.25) is 0 Å². The number of hydrogen-bond donors (Lipinski definition) is 2. The molecule has 1 aliphatic heterocycles. The second kappa shape index (κ2) is 6.14. The predicted octanol–water partition coefficient (Wildman–Crippen LogP) is 4.77. The van der Waals surface area contributed by atoms with E-state index >= 15 is 0 Å². The molecule has 0 saturated carbocycles. The maximum absolute atomic E-state index is 11.5. The average molecular weight is 371 g/mol. The number of carboxylic acids is 1. The Balaban J connectivity index is 1.81. The molecular weight excluding hydrogens is 356 g/mol. The molecule has 6 nitrogen and oxygen atoms in total. The van der Waals surface area contributed by atoms with Gasteiger partial charge >= 0.3 is 5.97 Å². The Morgan fingerprint density at radius 2 is 1.96 bits per heavy atom. The molecule has 2 aromatic carbocycles. The first-order valence-corrected chi connectivity index (χ1v) is 8.58. The average Bonchev–Trinajstić information content (AvgIpc) is 3.11. The third kappa shape index (κ3) is 2.54. The number of rotatable bonds is 3. The van der Waals surface area contributed by atoms with Crippen LogP contribution in [0.2, 0.25) is 5.02 Å². The zero-order valence-corrected chi connectivity index (χ0v) is 14.3. The molecule has 26 heavy (non-hydrogen) atoms. The fraction of sp³-hybridized carbons (Fsp3) is 0.211. The van der Waals surface area contributed by atoms with Crippen LogP contribution in [0.3, 0.4) is 0 Å². The quantitative estimate of drug-likeness (QED) is 0.461. The number of aromatic carboxylic acids is 1. The predicted molar refractivity (Wildman–Crippen MR) is 97.9 cm³/mol. The lowest BCUT2D eigenvalue weighted by atomic mass is 9.76. The highest BCUT2D eigenvalue weighted by atomic mass is 35.5. The topological polar surface area (TPSA) is 92.5 Å². The maximum atomic E-state index is 11.5. The molecular formula is C19H15ClN2O4. The van der Waals surface area contributed by atoms with E-state index in [0.717, 1.165) is 12.0 Å².